The molecule has 3 rings (SSSR count). The van der Waals surface area contributed by atoms with Gasteiger partial charge in [-0.1, -0.05) is 48.5 Å². The quantitative estimate of drug-likeness (QED) is 0.783. The van der Waals surface area contributed by atoms with Crippen LogP contribution in [0.3, 0.4) is 0 Å². The maximum absolute atomic E-state index is 13.1. The average Bonchev–Trinajstić information content (AvgIpc) is 2.62. The van der Waals surface area contributed by atoms with Gasteiger partial charge in [-0.2, -0.15) is 4.98 Å². The molecule has 2 N–H and O–H groups in total. The van der Waals surface area contributed by atoms with Gasteiger partial charge in [0.05, 0.1) is 17.7 Å². The molecule has 0 spiro atoms. The Morgan fingerprint density at radius 1 is 0.917 bits per heavy atom. The summed E-state index contributed by atoms with van der Waals surface area (Å²) in [6.45, 7) is 0. The first kappa shape index (κ1) is 15.9. The van der Waals surface area contributed by atoms with Gasteiger partial charge >= 0.3 is 0 Å². The highest BCUT2D eigenvalue weighted by atomic mass is 32.2. The van der Waals surface area contributed by atoms with Crippen LogP contribution in [0.25, 0.3) is 11.3 Å². The van der Waals surface area contributed by atoms with Crippen molar-refractivity contribution in [2.75, 3.05) is 12.8 Å². The number of rotatable bonds is 4. The Kier molecular flexibility index (Phi) is 4.18. The van der Waals surface area contributed by atoms with E-state index in [1.54, 1.807) is 42.5 Å². The number of benzene rings is 2. The molecule has 1 heterocycles. The molecule has 0 amide bonds. The minimum Gasteiger partial charge on any atom is -0.480 e. The fourth-order valence-electron chi connectivity index (χ4n) is 2.34. The molecule has 0 radical (unpaired) electrons. The normalized spacial score (nSPS) is 11.2. The molecule has 0 saturated heterocycles. The number of nitrogens with two attached hydrogens (primary N) is 1. The summed E-state index contributed by atoms with van der Waals surface area (Å²) in [5.74, 6) is -0.136. The minimum absolute atomic E-state index is 0.0577. The highest BCUT2D eigenvalue weighted by Crippen LogP contribution is 2.36. The molecule has 2 aromatic carbocycles. The summed E-state index contributed by atoms with van der Waals surface area (Å²) in [7, 11) is -2.54. The van der Waals surface area contributed by atoms with Crippen molar-refractivity contribution in [3.05, 3.63) is 60.7 Å². The summed E-state index contributed by atoms with van der Waals surface area (Å²) in [5, 5.41) is 0. The predicted octanol–water partition coefficient (Wildman–Crippen LogP) is 2.57. The third kappa shape index (κ3) is 2.81. The van der Waals surface area contributed by atoms with E-state index in [0.717, 1.165) is 0 Å². The van der Waals surface area contributed by atoms with Gasteiger partial charge in [0, 0.05) is 5.56 Å². The molecule has 0 aliphatic heterocycles. The number of nitrogens with zero attached hydrogens (tertiary/aromatic N) is 2. The zero-order chi connectivity index (χ0) is 17.2. The van der Waals surface area contributed by atoms with E-state index in [4.69, 9.17) is 10.5 Å². The van der Waals surface area contributed by atoms with Crippen LogP contribution in [0.1, 0.15) is 0 Å². The van der Waals surface area contributed by atoms with Gasteiger partial charge in [-0.3, -0.25) is 0 Å². The first-order valence-electron chi connectivity index (χ1n) is 7.11. The molecule has 1 aromatic heterocycles. The molecule has 122 valence electrons. The summed E-state index contributed by atoms with van der Waals surface area (Å²) in [4.78, 5) is 8.12. The van der Waals surface area contributed by atoms with E-state index in [9.17, 15) is 8.42 Å². The number of aromatic nitrogens is 2. The maximum atomic E-state index is 13.1. The highest BCUT2D eigenvalue weighted by molar-refractivity contribution is 7.91. The van der Waals surface area contributed by atoms with E-state index in [1.807, 2.05) is 6.07 Å². The van der Waals surface area contributed by atoms with Crippen molar-refractivity contribution in [3.63, 3.8) is 0 Å². The number of sulfone groups is 1. The Bertz CT molecular complexity index is 959. The van der Waals surface area contributed by atoms with Crippen molar-refractivity contribution in [1.29, 1.82) is 0 Å². The number of hydrogen-bond donors (Lipinski definition) is 1. The number of ether oxygens (including phenoxy) is 1. The van der Waals surface area contributed by atoms with Gasteiger partial charge in [0.2, 0.25) is 21.7 Å². The lowest BCUT2D eigenvalue weighted by atomic mass is 10.1. The molecule has 6 nitrogen and oxygen atoms in total. The SMILES string of the molecule is COc1nc(N)nc(-c2ccccc2)c1S(=O)(=O)c1ccccc1. The van der Waals surface area contributed by atoms with Crippen LogP contribution >= 0.6 is 0 Å². The van der Waals surface area contributed by atoms with Gasteiger partial charge in [-0.25, -0.2) is 13.4 Å². The standard InChI is InChI=1S/C17H15N3O3S/c1-23-16-15(24(21,22)13-10-6-3-7-11-13)14(19-17(18)20-16)12-8-4-2-5-9-12/h2-11H,1H3,(H2,18,19,20). The van der Waals surface area contributed by atoms with Crippen molar-refractivity contribution in [2.24, 2.45) is 0 Å². The fourth-order valence-corrected chi connectivity index (χ4v) is 3.86. The smallest absolute Gasteiger partial charge is 0.238 e. The van der Waals surface area contributed by atoms with Crippen molar-refractivity contribution >= 4 is 15.8 Å². The van der Waals surface area contributed by atoms with Crippen molar-refractivity contribution in [1.82, 2.24) is 9.97 Å². The minimum atomic E-state index is -3.88. The molecule has 0 unspecified atom stereocenters. The van der Waals surface area contributed by atoms with Crippen LogP contribution in [0, 0.1) is 0 Å². The van der Waals surface area contributed by atoms with E-state index in [2.05, 4.69) is 9.97 Å². The van der Waals surface area contributed by atoms with Crippen molar-refractivity contribution in [2.45, 2.75) is 9.79 Å². The first-order valence-corrected chi connectivity index (χ1v) is 8.59. The van der Waals surface area contributed by atoms with Gasteiger partial charge in [0.15, 0.2) is 4.90 Å². The molecule has 0 fully saturated rings. The summed E-state index contributed by atoms with van der Waals surface area (Å²) >= 11 is 0. The van der Waals surface area contributed by atoms with E-state index in [-0.39, 0.29) is 27.3 Å². The van der Waals surface area contributed by atoms with Crippen LogP contribution in [0.15, 0.2) is 70.5 Å². The Hall–Kier alpha value is -2.93. The van der Waals surface area contributed by atoms with E-state index in [0.29, 0.717) is 5.56 Å². The molecule has 0 aliphatic rings. The van der Waals surface area contributed by atoms with Crippen LogP contribution in [-0.2, 0) is 9.84 Å². The molecular formula is C17H15N3O3S. The number of nitrogen functional groups attached to an aromatic ring is 1. The van der Waals surface area contributed by atoms with Crippen LogP contribution in [0.2, 0.25) is 0 Å². The molecular weight excluding hydrogens is 326 g/mol. The lowest BCUT2D eigenvalue weighted by Gasteiger charge is -2.14. The van der Waals surface area contributed by atoms with Crippen molar-refractivity contribution in [3.8, 4) is 17.1 Å². The summed E-state index contributed by atoms with van der Waals surface area (Å²) in [5.41, 5.74) is 6.55. The maximum Gasteiger partial charge on any atom is 0.238 e. The topological polar surface area (TPSA) is 95.2 Å². The third-order valence-corrected chi connectivity index (χ3v) is 5.21. The second kappa shape index (κ2) is 6.29. The second-order valence-corrected chi connectivity index (χ2v) is 6.84. The predicted molar refractivity (Wildman–Crippen MR) is 90.3 cm³/mol. The zero-order valence-corrected chi connectivity index (χ0v) is 13.7. The second-order valence-electron chi connectivity index (χ2n) is 4.95. The average molecular weight is 341 g/mol. The van der Waals surface area contributed by atoms with E-state index < -0.39 is 9.84 Å². The summed E-state index contributed by atoms with van der Waals surface area (Å²) in [6.07, 6.45) is 0. The molecule has 0 bridgehead atoms. The van der Waals surface area contributed by atoms with Gasteiger partial charge in [-0.05, 0) is 12.1 Å². The van der Waals surface area contributed by atoms with E-state index in [1.165, 1.54) is 19.2 Å². The fraction of sp³-hybridized carbons (Fsp3) is 0.0588. The Labute approximate surface area is 139 Å². The number of methoxy groups -OCH3 is 1. The molecule has 0 atom stereocenters. The van der Waals surface area contributed by atoms with Crippen LogP contribution in [-0.4, -0.2) is 25.5 Å². The highest BCUT2D eigenvalue weighted by Gasteiger charge is 2.29. The van der Waals surface area contributed by atoms with Gasteiger partial charge in [-0.15, -0.1) is 0 Å². The van der Waals surface area contributed by atoms with Gasteiger partial charge in [0.25, 0.3) is 0 Å². The monoisotopic (exact) mass is 341 g/mol. The molecule has 0 saturated carbocycles. The Morgan fingerprint density at radius 3 is 2.08 bits per heavy atom. The summed E-state index contributed by atoms with van der Waals surface area (Å²) < 4.78 is 31.4. The lowest BCUT2D eigenvalue weighted by Crippen LogP contribution is -2.11. The van der Waals surface area contributed by atoms with Crippen LogP contribution in [0.5, 0.6) is 5.88 Å². The van der Waals surface area contributed by atoms with Gasteiger partial charge < -0.3 is 10.5 Å². The van der Waals surface area contributed by atoms with Crippen molar-refractivity contribution < 1.29 is 13.2 Å². The van der Waals surface area contributed by atoms with E-state index >= 15 is 0 Å². The molecule has 3 aromatic rings. The van der Waals surface area contributed by atoms with Crippen LogP contribution in [0.4, 0.5) is 5.95 Å². The Balaban J connectivity index is 2.35. The molecule has 7 heteroatoms. The third-order valence-electron chi connectivity index (χ3n) is 3.41. The summed E-state index contributed by atoms with van der Waals surface area (Å²) in [6, 6.07) is 17.0. The number of hydrogen-bond acceptors (Lipinski definition) is 6. The van der Waals surface area contributed by atoms with Crippen LogP contribution < -0.4 is 10.5 Å². The zero-order valence-electron chi connectivity index (χ0n) is 12.9. The lowest BCUT2D eigenvalue weighted by molar-refractivity contribution is 0.385. The first-order chi connectivity index (χ1) is 11.5. The largest absolute Gasteiger partial charge is 0.480 e. The van der Waals surface area contributed by atoms with Gasteiger partial charge in [0.1, 0.15) is 0 Å². The molecule has 24 heavy (non-hydrogen) atoms. The number of anilines is 1. The Morgan fingerprint density at radius 2 is 1.50 bits per heavy atom. The molecule has 0 aliphatic carbocycles.